The van der Waals surface area contributed by atoms with Gasteiger partial charge in [0.1, 0.15) is 11.9 Å². The topological polar surface area (TPSA) is 41.6 Å². The summed E-state index contributed by atoms with van der Waals surface area (Å²) in [6, 6.07) is 6.69. The highest BCUT2D eigenvalue weighted by atomic mass is 35.5. The van der Waals surface area contributed by atoms with Gasteiger partial charge >= 0.3 is 0 Å². The minimum Gasteiger partial charge on any atom is -0.370 e. The summed E-state index contributed by atoms with van der Waals surface area (Å²) < 4.78 is 19.0. The molecular weight excluding hydrogens is 339 g/mol. The van der Waals surface area contributed by atoms with Gasteiger partial charge in [-0.05, 0) is 17.7 Å². The summed E-state index contributed by atoms with van der Waals surface area (Å²) in [5.74, 6) is 1.99. The van der Waals surface area contributed by atoms with Crippen LogP contribution in [0.15, 0.2) is 24.3 Å². The standard InChI is InChI=1S/C16H21FN2O2S.ClH/c17-13-3-1-2-12(8-13)15-10-19(5-6-21-15)16(20)9-14-11-22-7-4-18-14;/h1-3,8,14-15,18H,4-7,9-11H2;1H. The van der Waals surface area contributed by atoms with Gasteiger partial charge in [-0.15, -0.1) is 12.4 Å². The predicted molar refractivity (Wildman–Crippen MR) is 92.7 cm³/mol. The van der Waals surface area contributed by atoms with E-state index in [1.165, 1.54) is 12.1 Å². The summed E-state index contributed by atoms with van der Waals surface area (Å²) in [6.07, 6.45) is 0.296. The molecule has 2 fully saturated rings. The molecule has 23 heavy (non-hydrogen) atoms. The van der Waals surface area contributed by atoms with Gasteiger partial charge in [0.15, 0.2) is 0 Å². The lowest BCUT2D eigenvalue weighted by Gasteiger charge is -2.34. The molecular formula is C16H22ClFN2O2S. The monoisotopic (exact) mass is 360 g/mol. The van der Waals surface area contributed by atoms with Gasteiger partial charge in [0.05, 0.1) is 13.2 Å². The van der Waals surface area contributed by atoms with Gasteiger partial charge in [-0.25, -0.2) is 4.39 Å². The highest BCUT2D eigenvalue weighted by Crippen LogP contribution is 2.23. The zero-order valence-electron chi connectivity index (χ0n) is 12.9. The molecule has 2 aliphatic rings. The molecule has 2 unspecified atom stereocenters. The van der Waals surface area contributed by atoms with Crippen LogP contribution in [0.25, 0.3) is 0 Å². The molecule has 2 heterocycles. The number of rotatable bonds is 3. The smallest absolute Gasteiger partial charge is 0.224 e. The lowest BCUT2D eigenvalue weighted by atomic mass is 10.1. The molecule has 1 amide bonds. The van der Waals surface area contributed by atoms with Crippen LogP contribution >= 0.6 is 24.2 Å². The molecule has 2 atom stereocenters. The molecule has 2 saturated heterocycles. The summed E-state index contributed by atoms with van der Waals surface area (Å²) in [6.45, 7) is 2.59. The Labute approximate surface area is 146 Å². The summed E-state index contributed by atoms with van der Waals surface area (Å²) in [5, 5.41) is 3.39. The number of carbonyl (C=O) groups excluding carboxylic acids is 1. The van der Waals surface area contributed by atoms with Crippen molar-refractivity contribution in [3.05, 3.63) is 35.6 Å². The van der Waals surface area contributed by atoms with Crippen molar-refractivity contribution < 1.29 is 13.9 Å². The van der Waals surface area contributed by atoms with Crippen LogP contribution in [0.5, 0.6) is 0 Å². The fourth-order valence-electron chi connectivity index (χ4n) is 2.88. The molecule has 1 aromatic rings. The van der Waals surface area contributed by atoms with E-state index in [2.05, 4.69) is 5.32 Å². The average Bonchev–Trinajstić information content (AvgIpc) is 2.56. The highest BCUT2D eigenvalue weighted by molar-refractivity contribution is 7.99. The Hall–Kier alpha value is -0.820. The van der Waals surface area contributed by atoms with Gasteiger partial charge in [0, 0.05) is 37.1 Å². The maximum Gasteiger partial charge on any atom is 0.224 e. The average molecular weight is 361 g/mol. The van der Waals surface area contributed by atoms with Crippen molar-refractivity contribution in [1.82, 2.24) is 10.2 Å². The van der Waals surface area contributed by atoms with Gasteiger partial charge < -0.3 is 15.0 Å². The van der Waals surface area contributed by atoms with E-state index >= 15 is 0 Å². The first kappa shape index (κ1) is 18.5. The van der Waals surface area contributed by atoms with Crippen LogP contribution in [0, 0.1) is 5.82 Å². The van der Waals surface area contributed by atoms with E-state index in [1.807, 2.05) is 22.7 Å². The third-order valence-electron chi connectivity index (χ3n) is 4.06. The van der Waals surface area contributed by atoms with Crippen LogP contribution in [0.1, 0.15) is 18.1 Å². The van der Waals surface area contributed by atoms with Gasteiger partial charge in [-0.3, -0.25) is 4.79 Å². The zero-order chi connectivity index (χ0) is 15.4. The third-order valence-corrected chi connectivity index (χ3v) is 5.19. The molecule has 0 aromatic heterocycles. The normalized spacial score (nSPS) is 24.8. The molecule has 1 N–H and O–H groups in total. The van der Waals surface area contributed by atoms with Crippen molar-refractivity contribution in [1.29, 1.82) is 0 Å². The summed E-state index contributed by atoms with van der Waals surface area (Å²) in [7, 11) is 0. The zero-order valence-corrected chi connectivity index (χ0v) is 14.5. The third kappa shape index (κ3) is 5.08. The first-order valence-electron chi connectivity index (χ1n) is 7.68. The largest absolute Gasteiger partial charge is 0.370 e. The number of nitrogens with one attached hydrogen (secondary N) is 1. The van der Waals surface area contributed by atoms with Crippen LogP contribution in [-0.2, 0) is 9.53 Å². The number of ether oxygens (including phenoxy) is 1. The lowest BCUT2D eigenvalue weighted by Crippen LogP contribution is -2.46. The van der Waals surface area contributed by atoms with Crippen LogP contribution in [0.2, 0.25) is 0 Å². The number of thioether (sulfide) groups is 1. The molecule has 2 aliphatic heterocycles. The Bertz CT molecular complexity index is 529. The van der Waals surface area contributed by atoms with Gasteiger partial charge in [-0.1, -0.05) is 12.1 Å². The molecule has 3 rings (SSSR count). The van der Waals surface area contributed by atoms with Crippen molar-refractivity contribution in [2.75, 3.05) is 37.7 Å². The first-order valence-corrected chi connectivity index (χ1v) is 8.84. The van der Waals surface area contributed by atoms with Gasteiger partial charge in [0.2, 0.25) is 5.91 Å². The van der Waals surface area contributed by atoms with Crippen molar-refractivity contribution in [2.45, 2.75) is 18.6 Å². The molecule has 0 spiro atoms. The van der Waals surface area contributed by atoms with Gasteiger partial charge in [0.25, 0.3) is 0 Å². The van der Waals surface area contributed by atoms with Crippen molar-refractivity contribution in [2.24, 2.45) is 0 Å². The first-order chi connectivity index (χ1) is 10.7. The predicted octanol–water partition coefficient (Wildman–Crippen LogP) is 2.24. The van der Waals surface area contributed by atoms with E-state index in [1.54, 1.807) is 6.07 Å². The van der Waals surface area contributed by atoms with Crippen LogP contribution in [0.3, 0.4) is 0 Å². The van der Waals surface area contributed by atoms with E-state index in [4.69, 9.17) is 4.74 Å². The number of carbonyl (C=O) groups is 1. The number of benzene rings is 1. The maximum atomic E-state index is 13.3. The second-order valence-corrected chi connectivity index (χ2v) is 6.83. The lowest BCUT2D eigenvalue weighted by molar-refractivity contribution is -0.139. The molecule has 0 radical (unpaired) electrons. The van der Waals surface area contributed by atoms with Crippen molar-refractivity contribution >= 4 is 30.1 Å². The number of nitrogens with zero attached hydrogens (tertiary/aromatic N) is 1. The fourth-order valence-corrected chi connectivity index (χ4v) is 3.82. The second kappa shape index (κ2) is 8.87. The quantitative estimate of drug-likeness (QED) is 0.897. The minimum atomic E-state index is -0.270. The van der Waals surface area contributed by atoms with Crippen molar-refractivity contribution in [3.63, 3.8) is 0 Å². The summed E-state index contributed by atoms with van der Waals surface area (Å²) in [4.78, 5) is 14.3. The minimum absolute atomic E-state index is 0. The summed E-state index contributed by atoms with van der Waals surface area (Å²) in [5.41, 5.74) is 0.795. The Morgan fingerprint density at radius 1 is 1.48 bits per heavy atom. The molecule has 0 bridgehead atoms. The number of hydrogen-bond acceptors (Lipinski definition) is 4. The Morgan fingerprint density at radius 3 is 3.09 bits per heavy atom. The number of hydrogen-bond donors (Lipinski definition) is 1. The molecule has 128 valence electrons. The van der Waals surface area contributed by atoms with Crippen LogP contribution in [-0.4, -0.2) is 54.6 Å². The molecule has 1 aromatic carbocycles. The SMILES string of the molecule is Cl.O=C(CC1CSCCN1)N1CCOC(c2cccc(F)c2)C1. The van der Waals surface area contributed by atoms with Crippen molar-refractivity contribution in [3.8, 4) is 0 Å². The second-order valence-electron chi connectivity index (χ2n) is 5.68. The molecule has 0 aliphatic carbocycles. The van der Waals surface area contributed by atoms with E-state index in [-0.39, 0.29) is 36.3 Å². The Morgan fingerprint density at radius 2 is 2.35 bits per heavy atom. The van der Waals surface area contributed by atoms with Gasteiger partial charge in [-0.2, -0.15) is 11.8 Å². The Kier molecular flexibility index (Phi) is 7.14. The van der Waals surface area contributed by atoms with E-state index in [0.717, 1.165) is 23.6 Å². The number of amides is 1. The van der Waals surface area contributed by atoms with E-state index < -0.39 is 0 Å². The number of morpholine rings is 1. The fraction of sp³-hybridized carbons (Fsp3) is 0.562. The van der Waals surface area contributed by atoms with E-state index in [0.29, 0.717) is 26.1 Å². The molecule has 0 saturated carbocycles. The highest BCUT2D eigenvalue weighted by Gasteiger charge is 2.27. The number of halogens is 2. The van der Waals surface area contributed by atoms with E-state index in [9.17, 15) is 9.18 Å². The van der Waals surface area contributed by atoms with Crippen LogP contribution < -0.4 is 5.32 Å². The summed E-state index contributed by atoms with van der Waals surface area (Å²) >= 11 is 1.89. The maximum absolute atomic E-state index is 13.3. The van der Waals surface area contributed by atoms with Crippen LogP contribution in [0.4, 0.5) is 4.39 Å². The Balaban J connectivity index is 0.00000192. The molecule has 4 nitrogen and oxygen atoms in total. The molecule has 7 heteroatoms.